The molecule has 0 amide bonds. The topological polar surface area (TPSA) is 43.6 Å². The van der Waals surface area contributed by atoms with Gasteiger partial charge in [0.25, 0.3) is 0 Å². The van der Waals surface area contributed by atoms with Crippen molar-refractivity contribution in [3.8, 4) is 0 Å². The molecule has 4 nitrogen and oxygen atoms in total. The second-order valence-corrected chi connectivity index (χ2v) is 4.72. The Kier molecular flexibility index (Phi) is 3.13. The first-order valence-corrected chi connectivity index (χ1v) is 5.99. The number of hydrogen-bond donors (Lipinski definition) is 0. The molecule has 2 rings (SSSR count). The summed E-state index contributed by atoms with van der Waals surface area (Å²) < 4.78 is 7.85. The van der Waals surface area contributed by atoms with Crippen LogP contribution >= 0.6 is 22.6 Å². The number of carbonyl (C=O) groups is 1. The highest BCUT2D eigenvalue weighted by Crippen LogP contribution is 2.14. The summed E-state index contributed by atoms with van der Waals surface area (Å²) in [6.07, 6.45) is 3.31. The number of ether oxygens (including phenoxy) is 1. The number of rotatable bonds is 2. The zero-order valence-corrected chi connectivity index (χ0v) is 11.1. The maximum absolute atomic E-state index is 11.6. The van der Waals surface area contributed by atoms with Crippen LogP contribution in [0.25, 0.3) is 5.52 Å². The van der Waals surface area contributed by atoms with Gasteiger partial charge in [-0.3, -0.25) is 0 Å². The van der Waals surface area contributed by atoms with E-state index in [-0.39, 0.29) is 12.1 Å². The molecule has 0 bridgehead atoms. The summed E-state index contributed by atoms with van der Waals surface area (Å²) in [6, 6.07) is 3.62. The van der Waals surface area contributed by atoms with E-state index in [2.05, 4.69) is 27.6 Å². The third-order valence-electron chi connectivity index (χ3n) is 2.06. The Morgan fingerprint density at radius 3 is 2.94 bits per heavy atom. The average Bonchev–Trinajstić information content (AvgIpc) is 2.59. The predicted molar refractivity (Wildman–Crippen MR) is 68.5 cm³/mol. The van der Waals surface area contributed by atoms with Gasteiger partial charge in [0, 0.05) is 6.20 Å². The highest BCUT2D eigenvalue weighted by Gasteiger charge is 2.10. The minimum atomic E-state index is -0.305. The van der Waals surface area contributed by atoms with Crippen molar-refractivity contribution in [3.63, 3.8) is 0 Å². The van der Waals surface area contributed by atoms with Gasteiger partial charge >= 0.3 is 5.97 Å². The number of nitrogens with zero attached hydrogens (tertiary/aromatic N) is 2. The van der Waals surface area contributed by atoms with Crippen molar-refractivity contribution in [2.45, 2.75) is 20.0 Å². The molecule has 0 saturated carbocycles. The minimum absolute atomic E-state index is 0.105. The molecule has 0 radical (unpaired) electrons. The molecule has 84 valence electrons. The van der Waals surface area contributed by atoms with E-state index in [4.69, 9.17) is 4.74 Å². The number of esters is 1. The average molecular weight is 330 g/mol. The first-order valence-electron chi connectivity index (χ1n) is 4.91. The van der Waals surface area contributed by atoms with E-state index in [1.165, 1.54) is 0 Å². The Morgan fingerprint density at radius 2 is 2.25 bits per heavy atom. The number of carbonyl (C=O) groups excluding carboxylic acids is 1. The Labute approximate surface area is 107 Å². The van der Waals surface area contributed by atoms with Gasteiger partial charge < -0.3 is 9.14 Å². The van der Waals surface area contributed by atoms with Crippen molar-refractivity contribution in [2.75, 3.05) is 0 Å². The van der Waals surface area contributed by atoms with Crippen molar-refractivity contribution in [2.24, 2.45) is 0 Å². The molecule has 2 heterocycles. The number of pyridine rings is 1. The summed E-state index contributed by atoms with van der Waals surface area (Å²) >= 11 is 2.15. The van der Waals surface area contributed by atoms with Crippen LogP contribution in [0.5, 0.6) is 0 Å². The molecule has 16 heavy (non-hydrogen) atoms. The van der Waals surface area contributed by atoms with E-state index in [0.29, 0.717) is 5.56 Å². The molecule has 0 atom stereocenters. The van der Waals surface area contributed by atoms with Crippen molar-refractivity contribution >= 4 is 34.1 Å². The first kappa shape index (κ1) is 11.4. The Bertz CT molecular complexity index is 534. The number of hydrogen-bond acceptors (Lipinski definition) is 3. The molecule has 0 unspecified atom stereocenters. The van der Waals surface area contributed by atoms with Gasteiger partial charge in [0.1, 0.15) is 10.0 Å². The fraction of sp³-hybridized carbons (Fsp3) is 0.273. The van der Waals surface area contributed by atoms with E-state index in [1.54, 1.807) is 18.6 Å². The van der Waals surface area contributed by atoms with Crippen molar-refractivity contribution in [1.29, 1.82) is 0 Å². The van der Waals surface area contributed by atoms with Crippen LogP contribution in [0.4, 0.5) is 0 Å². The molecule has 0 aliphatic carbocycles. The quantitative estimate of drug-likeness (QED) is 0.628. The molecule has 0 spiro atoms. The number of fused-ring (bicyclic) bond motifs is 1. The second kappa shape index (κ2) is 4.40. The van der Waals surface area contributed by atoms with Crippen LogP contribution < -0.4 is 0 Å². The van der Waals surface area contributed by atoms with Gasteiger partial charge in [0.05, 0.1) is 17.2 Å². The molecule has 5 heteroatoms. The van der Waals surface area contributed by atoms with Crippen LogP contribution in [0.3, 0.4) is 0 Å². The van der Waals surface area contributed by atoms with Gasteiger partial charge in [-0.2, -0.15) is 0 Å². The van der Waals surface area contributed by atoms with Gasteiger partial charge in [-0.25, -0.2) is 9.78 Å². The molecule has 0 saturated heterocycles. The summed E-state index contributed by atoms with van der Waals surface area (Å²) in [4.78, 5) is 15.8. The maximum atomic E-state index is 11.6. The summed E-state index contributed by atoms with van der Waals surface area (Å²) in [7, 11) is 0. The lowest BCUT2D eigenvalue weighted by Gasteiger charge is -2.07. The van der Waals surface area contributed by atoms with Gasteiger partial charge in [0.2, 0.25) is 0 Å². The highest BCUT2D eigenvalue weighted by molar-refractivity contribution is 14.1. The SMILES string of the molecule is CC(C)OC(=O)c1ccc2c(I)ncn2c1. The van der Waals surface area contributed by atoms with Crippen LogP contribution in [0.1, 0.15) is 24.2 Å². The Morgan fingerprint density at radius 1 is 1.50 bits per heavy atom. The van der Waals surface area contributed by atoms with Crippen molar-refractivity contribution in [1.82, 2.24) is 9.38 Å². The lowest BCUT2D eigenvalue weighted by Crippen LogP contribution is -2.12. The van der Waals surface area contributed by atoms with E-state index < -0.39 is 0 Å². The molecule has 0 fully saturated rings. The fourth-order valence-electron chi connectivity index (χ4n) is 1.37. The summed E-state index contributed by atoms with van der Waals surface area (Å²) in [5, 5.41) is 0. The lowest BCUT2D eigenvalue weighted by atomic mass is 10.2. The van der Waals surface area contributed by atoms with E-state index in [9.17, 15) is 4.79 Å². The highest BCUT2D eigenvalue weighted by atomic mass is 127. The molecule has 0 aromatic carbocycles. The molecule has 0 aliphatic rings. The third kappa shape index (κ3) is 2.18. The minimum Gasteiger partial charge on any atom is -0.459 e. The fourth-order valence-corrected chi connectivity index (χ4v) is 1.95. The Hall–Kier alpha value is -1.11. The zero-order valence-electron chi connectivity index (χ0n) is 8.98. The van der Waals surface area contributed by atoms with Gasteiger partial charge in [-0.1, -0.05) is 0 Å². The lowest BCUT2D eigenvalue weighted by molar-refractivity contribution is 0.0377. The predicted octanol–water partition coefficient (Wildman–Crippen LogP) is 2.50. The van der Waals surface area contributed by atoms with Gasteiger partial charge in [-0.15, -0.1) is 0 Å². The van der Waals surface area contributed by atoms with Gasteiger partial charge in [-0.05, 0) is 48.6 Å². The molecule has 0 aliphatic heterocycles. The van der Waals surface area contributed by atoms with Crippen LogP contribution in [0.2, 0.25) is 0 Å². The number of halogens is 1. The summed E-state index contributed by atoms with van der Waals surface area (Å²) in [5.74, 6) is -0.305. The number of imidazole rings is 1. The zero-order chi connectivity index (χ0) is 11.7. The largest absolute Gasteiger partial charge is 0.459 e. The molecule has 2 aromatic heterocycles. The van der Waals surface area contributed by atoms with Crippen LogP contribution in [0, 0.1) is 3.70 Å². The molecule has 0 N–H and O–H groups in total. The third-order valence-corrected chi connectivity index (χ3v) is 2.89. The Balaban J connectivity index is 2.36. The summed E-state index contributed by atoms with van der Waals surface area (Å²) in [6.45, 7) is 3.66. The molecular formula is C11H11IN2O2. The number of aromatic nitrogens is 2. The van der Waals surface area contributed by atoms with Crippen LogP contribution in [0.15, 0.2) is 24.7 Å². The molecular weight excluding hydrogens is 319 g/mol. The standard InChI is InChI=1S/C11H11IN2O2/c1-7(2)16-11(15)8-3-4-9-10(12)13-6-14(9)5-8/h3-7H,1-2H3. The van der Waals surface area contributed by atoms with E-state index in [0.717, 1.165) is 9.22 Å². The first-order chi connectivity index (χ1) is 7.58. The summed E-state index contributed by atoms with van der Waals surface area (Å²) in [5.41, 5.74) is 1.52. The van der Waals surface area contributed by atoms with Crippen LogP contribution in [-0.2, 0) is 4.74 Å². The molecule has 2 aromatic rings. The smallest absolute Gasteiger partial charge is 0.339 e. The van der Waals surface area contributed by atoms with Crippen molar-refractivity contribution < 1.29 is 9.53 Å². The normalized spacial score (nSPS) is 11.0. The van der Waals surface area contributed by atoms with Gasteiger partial charge in [0.15, 0.2) is 0 Å². The van der Waals surface area contributed by atoms with Crippen molar-refractivity contribution in [3.05, 3.63) is 33.9 Å². The van der Waals surface area contributed by atoms with E-state index >= 15 is 0 Å². The van der Waals surface area contributed by atoms with E-state index in [1.807, 2.05) is 24.3 Å². The maximum Gasteiger partial charge on any atom is 0.339 e. The second-order valence-electron chi connectivity index (χ2n) is 3.70. The van der Waals surface area contributed by atoms with Crippen LogP contribution in [-0.4, -0.2) is 21.5 Å². The monoisotopic (exact) mass is 330 g/mol.